The number of nitrogens with one attached hydrogen (secondary N) is 1. The molecular weight excluding hydrogens is 369 g/mol. The number of hydrogen-bond donors (Lipinski definition) is 2. The summed E-state index contributed by atoms with van der Waals surface area (Å²) < 4.78 is 19.3. The molecule has 0 spiro atoms. The summed E-state index contributed by atoms with van der Waals surface area (Å²) in [5, 5.41) is 13.7. The third-order valence-electron chi connectivity index (χ3n) is 4.64. The second-order valence-corrected chi connectivity index (χ2v) is 8.65. The van der Waals surface area contributed by atoms with E-state index in [0.717, 1.165) is 5.56 Å². The van der Waals surface area contributed by atoms with E-state index < -0.39 is 23.8 Å². The minimum absolute atomic E-state index is 0.0422. The largest absolute Gasteiger partial charge is 0.444 e. The van der Waals surface area contributed by atoms with Gasteiger partial charge in [-0.15, -0.1) is 0 Å². The van der Waals surface area contributed by atoms with Crippen molar-refractivity contribution in [1.82, 2.24) is 5.32 Å². The van der Waals surface area contributed by atoms with Gasteiger partial charge < -0.3 is 15.2 Å². The Hall–Kier alpha value is -2.40. The smallest absolute Gasteiger partial charge is 0.407 e. The van der Waals surface area contributed by atoms with Gasteiger partial charge in [-0.1, -0.05) is 55.5 Å². The average Bonchev–Trinajstić information content (AvgIpc) is 2.62. The second kappa shape index (κ2) is 10.4. The maximum atomic E-state index is 13.9. The van der Waals surface area contributed by atoms with Crippen LogP contribution in [0.1, 0.15) is 45.2 Å². The minimum Gasteiger partial charge on any atom is -0.444 e. The van der Waals surface area contributed by atoms with Crippen LogP contribution in [0, 0.1) is 11.7 Å². The monoisotopic (exact) mass is 401 g/mol. The van der Waals surface area contributed by atoms with Crippen LogP contribution in [0.2, 0.25) is 0 Å². The molecular formula is C24H32FNO3. The van der Waals surface area contributed by atoms with Crippen molar-refractivity contribution in [3.63, 3.8) is 0 Å². The number of ether oxygens (including phenoxy) is 1. The Morgan fingerprint density at radius 2 is 1.69 bits per heavy atom. The van der Waals surface area contributed by atoms with Crippen molar-refractivity contribution in [2.75, 3.05) is 0 Å². The van der Waals surface area contributed by atoms with E-state index in [4.69, 9.17) is 4.74 Å². The van der Waals surface area contributed by atoms with Gasteiger partial charge in [0.25, 0.3) is 0 Å². The van der Waals surface area contributed by atoms with Crippen LogP contribution >= 0.6 is 0 Å². The SMILES string of the molecule is C[C@H](Cc1ccccc1F)C[C@H](O)[C@H](Cc1ccccc1)NC(=O)OC(C)(C)C. The van der Waals surface area contributed by atoms with Crippen LogP contribution in [0.3, 0.4) is 0 Å². The third kappa shape index (κ3) is 8.24. The van der Waals surface area contributed by atoms with Crippen molar-refractivity contribution in [1.29, 1.82) is 0 Å². The fourth-order valence-electron chi connectivity index (χ4n) is 3.31. The van der Waals surface area contributed by atoms with E-state index in [1.807, 2.05) is 43.3 Å². The van der Waals surface area contributed by atoms with Crippen molar-refractivity contribution < 1.29 is 19.0 Å². The summed E-state index contributed by atoms with van der Waals surface area (Å²) in [4.78, 5) is 12.3. The molecule has 0 radical (unpaired) electrons. The molecule has 0 unspecified atom stereocenters. The number of carbonyl (C=O) groups is 1. The number of hydrogen-bond acceptors (Lipinski definition) is 3. The zero-order chi connectivity index (χ0) is 21.4. The highest BCUT2D eigenvalue weighted by molar-refractivity contribution is 5.68. The van der Waals surface area contributed by atoms with Crippen LogP contribution in [0.5, 0.6) is 0 Å². The molecule has 158 valence electrons. The van der Waals surface area contributed by atoms with Crippen molar-refractivity contribution in [3.8, 4) is 0 Å². The molecule has 0 aliphatic rings. The van der Waals surface area contributed by atoms with Crippen LogP contribution < -0.4 is 5.32 Å². The summed E-state index contributed by atoms with van der Waals surface area (Å²) >= 11 is 0. The quantitative estimate of drug-likeness (QED) is 0.662. The molecule has 0 heterocycles. The lowest BCUT2D eigenvalue weighted by Crippen LogP contribution is -2.47. The summed E-state index contributed by atoms with van der Waals surface area (Å²) in [5.74, 6) is -0.192. The maximum Gasteiger partial charge on any atom is 0.407 e. The third-order valence-corrected chi connectivity index (χ3v) is 4.64. The fourth-order valence-corrected chi connectivity index (χ4v) is 3.31. The van der Waals surface area contributed by atoms with Crippen LogP contribution in [0.25, 0.3) is 0 Å². The van der Waals surface area contributed by atoms with Gasteiger partial charge in [-0.05, 0) is 63.1 Å². The minimum atomic E-state index is -0.788. The second-order valence-electron chi connectivity index (χ2n) is 8.65. The predicted octanol–water partition coefficient (Wildman–Crippen LogP) is 4.89. The van der Waals surface area contributed by atoms with Gasteiger partial charge in [-0.2, -0.15) is 0 Å². The Bertz CT molecular complexity index is 773. The molecule has 1 amide bonds. The highest BCUT2D eigenvalue weighted by Crippen LogP contribution is 2.19. The van der Waals surface area contributed by atoms with E-state index in [9.17, 15) is 14.3 Å². The van der Waals surface area contributed by atoms with Gasteiger partial charge in [0.1, 0.15) is 11.4 Å². The van der Waals surface area contributed by atoms with E-state index in [2.05, 4.69) is 5.32 Å². The number of amides is 1. The molecule has 0 saturated carbocycles. The Labute approximate surface area is 173 Å². The van der Waals surface area contributed by atoms with Gasteiger partial charge in [0.2, 0.25) is 0 Å². The van der Waals surface area contributed by atoms with E-state index >= 15 is 0 Å². The zero-order valence-corrected chi connectivity index (χ0v) is 17.7. The summed E-state index contributed by atoms with van der Waals surface area (Å²) in [5.41, 5.74) is 1.02. The van der Waals surface area contributed by atoms with Crippen molar-refractivity contribution in [2.24, 2.45) is 5.92 Å². The average molecular weight is 402 g/mol. The van der Waals surface area contributed by atoms with E-state index in [1.165, 1.54) is 6.07 Å². The van der Waals surface area contributed by atoms with Crippen molar-refractivity contribution in [2.45, 2.75) is 64.7 Å². The summed E-state index contributed by atoms with van der Waals surface area (Å²) in [6, 6.07) is 15.9. The van der Waals surface area contributed by atoms with Crippen LogP contribution in [0.15, 0.2) is 54.6 Å². The van der Waals surface area contributed by atoms with Crippen molar-refractivity contribution >= 4 is 6.09 Å². The van der Waals surface area contributed by atoms with Gasteiger partial charge in [0.15, 0.2) is 0 Å². The molecule has 2 N–H and O–H groups in total. The van der Waals surface area contributed by atoms with E-state index in [-0.39, 0.29) is 11.7 Å². The Morgan fingerprint density at radius 3 is 2.31 bits per heavy atom. The lowest BCUT2D eigenvalue weighted by atomic mass is 9.90. The number of carbonyl (C=O) groups excluding carboxylic acids is 1. The predicted molar refractivity (Wildman–Crippen MR) is 113 cm³/mol. The normalized spacial score (nSPS) is 14.7. The first kappa shape index (κ1) is 22.9. The Balaban J connectivity index is 2.05. The lowest BCUT2D eigenvalue weighted by molar-refractivity contribution is 0.0395. The molecule has 0 bridgehead atoms. The molecule has 0 aromatic heterocycles. The highest BCUT2D eigenvalue weighted by atomic mass is 19.1. The number of benzene rings is 2. The molecule has 0 fully saturated rings. The number of rotatable bonds is 8. The molecule has 2 rings (SSSR count). The number of halogens is 1. The fraction of sp³-hybridized carbons (Fsp3) is 0.458. The molecule has 0 aliphatic heterocycles. The molecule has 4 nitrogen and oxygen atoms in total. The molecule has 2 aromatic carbocycles. The summed E-state index contributed by atoms with van der Waals surface area (Å²) in [7, 11) is 0. The first-order valence-corrected chi connectivity index (χ1v) is 10.1. The molecule has 5 heteroatoms. The molecule has 0 aliphatic carbocycles. The Morgan fingerprint density at radius 1 is 1.07 bits per heavy atom. The van der Waals surface area contributed by atoms with Crippen LogP contribution in [0.4, 0.5) is 9.18 Å². The van der Waals surface area contributed by atoms with E-state index in [0.29, 0.717) is 24.8 Å². The van der Waals surface area contributed by atoms with Crippen LogP contribution in [-0.4, -0.2) is 28.9 Å². The first-order chi connectivity index (χ1) is 13.6. The standard InChI is InChI=1S/C24H32FNO3/c1-17(14-19-12-8-9-13-20(19)25)15-22(27)21(16-18-10-6-5-7-11-18)26-23(28)29-24(2,3)4/h5-13,17,21-22,27H,14-16H2,1-4H3,(H,26,28)/t17-,21+,22+/m1/s1. The summed E-state index contributed by atoms with van der Waals surface area (Å²) in [6.45, 7) is 7.37. The number of aliphatic hydroxyl groups excluding tert-OH is 1. The first-order valence-electron chi connectivity index (χ1n) is 10.1. The molecule has 2 aromatic rings. The maximum absolute atomic E-state index is 13.9. The van der Waals surface area contributed by atoms with Gasteiger partial charge in [-0.3, -0.25) is 0 Å². The van der Waals surface area contributed by atoms with Crippen molar-refractivity contribution in [3.05, 3.63) is 71.5 Å². The van der Waals surface area contributed by atoms with Gasteiger partial charge in [-0.25, -0.2) is 9.18 Å². The zero-order valence-electron chi connectivity index (χ0n) is 17.7. The van der Waals surface area contributed by atoms with Crippen LogP contribution in [-0.2, 0) is 17.6 Å². The van der Waals surface area contributed by atoms with Gasteiger partial charge in [0.05, 0.1) is 12.1 Å². The molecule has 29 heavy (non-hydrogen) atoms. The highest BCUT2D eigenvalue weighted by Gasteiger charge is 2.26. The van der Waals surface area contributed by atoms with E-state index in [1.54, 1.807) is 32.9 Å². The molecule has 3 atom stereocenters. The lowest BCUT2D eigenvalue weighted by Gasteiger charge is -2.28. The molecule has 0 saturated heterocycles. The topological polar surface area (TPSA) is 58.6 Å². The van der Waals surface area contributed by atoms with Gasteiger partial charge >= 0.3 is 6.09 Å². The Kier molecular flexibility index (Phi) is 8.21. The number of alkyl carbamates (subject to hydrolysis) is 1. The van der Waals surface area contributed by atoms with Gasteiger partial charge in [0, 0.05) is 0 Å². The summed E-state index contributed by atoms with van der Waals surface area (Å²) in [6.07, 6.45) is 0.0903. The number of aliphatic hydroxyl groups is 1.